The molecule has 6 heteroatoms. The van der Waals surface area contributed by atoms with Gasteiger partial charge in [0.2, 0.25) is 0 Å². The monoisotopic (exact) mass is 480 g/mol. The number of benzene rings is 2. The third-order valence-corrected chi connectivity index (χ3v) is 3.44. The first kappa shape index (κ1) is 33.6. The van der Waals surface area contributed by atoms with E-state index in [1.807, 2.05) is 0 Å². The van der Waals surface area contributed by atoms with Gasteiger partial charge in [0, 0.05) is 12.2 Å². The van der Waals surface area contributed by atoms with Crippen LogP contribution >= 0.6 is 0 Å². The molecule has 0 saturated carbocycles. The molecular weight excluding hydrogens is 452 g/mol. The van der Waals surface area contributed by atoms with Crippen molar-refractivity contribution in [1.29, 1.82) is 0 Å². The quantitative estimate of drug-likeness (QED) is 0.205. The average Bonchev–Trinajstić information content (AvgIpc) is 3.45. The van der Waals surface area contributed by atoms with Crippen molar-refractivity contribution in [3.63, 3.8) is 0 Å². The summed E-state index contributed by atoms with van der Waals surface area (Å²) in [5.41, 5.74) is 0. The number of rotatable bonds is 2. The van der Waals surface area contributed by atoms with Gasteiger partial charge < -0.3 is 25.1 Å². The second kappa shape index (κ2) is 21.3. The molecule has 0 spiro atoms. The maximum absolute atomic E-state index is 9.25. The Kier molecular flexibility index (Phi) is 22.3. The molecule has 0 aliphatic carbocycles. The molecule has 168 valence electrons. The fourth-order valence-electron chi connectivity index (χ4n) is 2.14. The van der Waals surface area contributed by atoms with E-state index in [1.54, 1.807) is 19.2 Å². The predicted octanol–water partition coefficient (Wildman–Crippen LogP) is 6.15. The van der Waals surface area contributed by atoms with Crippen LogP contribution < -0.4 is 0 Å². The van der Waals surface area contributed by atoms with Gasteiger partial charge in [0.25, 0.3) is 0 Å². The molecule has 4 aromatic rings. The second-order valence-electron chi connectivity index (χ2n) is 5.39. The number of carboxylic acid groups (broad SMARTS) is 2. The number of aliphatic carboxylic acids is 2. The van der Waals surface area contributed by atoms with E-state index in [-0.39, 0.29) is 14.9 Å². The minimum absolute atomic E-state index is 0. The van der Waals surface area contributed by atoms with Crippen LogP contribution in [0, 0.1) is 14.9 Å². The van der Waals surface area contributed by atoms with E-state index in [0.717, 1.165) is 12.2 Å². The van der Waals surface area contributed by atoms with Crippen LogP contribution in [0.1, 0.15) is 0 Å². The Hall–Kier alpha value is -2.99. The van der Waals surface area contributed by atoms with Gasteiger partial charge in [-0.25, -0.2) is 9.59 Å². The summed E-state index contributed by atoms with van der Waals surface area (Å²) in [6.07, 6.45) is 1.67. The van der Waals surface area contributed by atoms with Crippen LogP contribution in [-0.4, -0.2) is 29.8 Å². The van der Waals surface area contributed by atoms with Crippen molar-refractivity contribution in [2.45, 2.75) is 0 Å². The topological polar surface area (TPSA) is 74.6 Å². The molecule has 0 unspecified atom stereocenters. The summed E-state index contributed by atoms with van der Waals surface area (Å²) in [6, 6.07) is 29.3. The van der Waals surface area contributed by atoms with E-state index >= 15 is 0 Å². The Balaban J connectivity index is -0.000000348. The molecule has 0 heterocycles. The molecule has 2 radical (unpaired) electrons. The summed E-state index contributed by atoms with van der Waals surface area (Å²) < 4.78 is 0. The first-order chi connectivity index (χ1) is 14.5. The summed E-state index contributed by atoms with van der Waals surface area (Å²) in [5.74, 6) is -1.96. The van der Waals surface area contributed by atoms with Crippen molar-refractivity contribution in [3.05, 3.63) is 125 Å². The Morgan fingerprint density at radius 2 is 1.00 bits per heavy atom. The van der Waals surface area contributed by atoms with E-state index in [0.29, 0.717) is 0 Å². The van der Waals surface area contributed by atoms with Gasteiger partial charge in [-0.2, -0.15) is 35.0 Å². The molecule has 32 heavy (non-hydrogen) atoms. The Labute approximate surface area is 204 Å². The average molecular weight is 480 g/mol. The minimum atomic E-state index is -0.981. The van der Waals surface area contributed by atoms with Crippen LogP contribution in [0.25, 0.3) is 21.5 Å². The maximum atomic E-state index is 9.25. The van der Waals surface area contributed by atoms with Gasteiger partial charge in [0.1, 0.15) is 0 Å². The maximum Gasteiger partial charge on any atom is -0.0809 e. The summed E-state index contributed by atoms with van der Waals surface area (Å²) in [4.78, 5) is 18.5. The molecule has 4 rings (SSSR count). The number of hydrogen-bond donors (Lipinski definition) is 2. The Bertz CT molecular complexity index is 906. The van der Waals surface area contributed by atoms with Crippen molar-refractivity contribution in [2.24, 2.45) is 0 Å². The van der Waals surface area contributed by atoms with Gasteiger partial charge in [0.15, 0.2) is 0 Å². The van der Waals surface area contributed by atoms with E-state index < -0.39 is 11.9 Å². The van der Waals surface area contributed by atoms with Crippen LogP contribution in [0.3, 0.4) is 0 Å². The van der Waals surface area contributed by atoms with Crippen LogP contribution in [0.15, 0.2) is 110 Å². The molecular formula is C26H28O4SiTi-4. The van der Waals surface area contributed by atoms with Crippen LogP contribution in [0.5, 0.6) is 0 Å². The molecule has 0 aliphatic rings. The molecule has 0 fully saturated rings. The van der Waals surface area contributed by atoms with Crippen molar-refractivity contribution >= 4 is 41.1 Å². The molecule has 0 bridgehead atoms. The molecule has 4 aromatic carbocycles. The zero-order valence-electron chi connectivity index (χ0n) is 18.4. The van der Waals surface area contributed by atoms with Crippen molar-refractivity contribution in [3.8, 4) is 0 Å². The molecule has 0 atom stereocenters. The number of fused-ring (bicyclic) bond motifs is 2. The zero-order valence-corrected chi connectivity index (χ0v) is 20.9. The normalized spacial score (nSPS) is 7.84. The second-order valence-corrected chi connectivity index (χ2v) is 5.39. The summed E-state index contributed by atoms with van der Waals surface area (Å²) >= 11 is 1.81. The molecule has 0 saturated heterocycles. The van der Waals surface area contributed by atoms with E-state index in [1.165, 1.54) is 21.5 Å². The first-order valence-corrected chi connectivity index (χ1v) is 11.5. The van der Waals surface area contributed by atoms with Gasteiger partial charge >= 0.3 is 38.7 Å². The standard InChI is InChI=1S/2C9H7.2C3H4O2.2CH3.Si.Ti/c2*1-2-5-9-7-3-6-8(9)4-1;2*1-2-3(4)5;;;;/h2*1-7H;2*2H,1H2,(H,4,5);2*1H3;;/q2*-1;;;2*-1;;. The molecule has 2 N–H and O–H groups in total. The van der Waals surface area contributed by atoms with Gasteiger partial charge in [-0.1, -0.05) is 25.3 Å². The van der Waals surface area contributed by atoms with E-state index in [9.17, 15) is 9.59 Å². The Morgan fingerprint density at radius 3 is 1.25 bits per heavy atom. The molecule has 0 aromatic heterocycles. The van der Waals surface area contributed by atoms with E-state index in [2.05, 4.69) is 106 Å². The Morgan fingerprint density at radius 1 is 0.719 bits per heavy atom. The zero-order chi connectivity index (χ0) is 22.8. The third-order valence-electron chi connectivity index (χ3n) is 3.44. The first-order valence-electron chi connectivity index (χ1n) is 8.64. The van der Waals surface area contributed by atoms with Gasteiger partial charge in [-0.3, -0.25) is 0 Å². The summed E-state index contributed by atoms with van der Waals surface area (Å²) in [7, 11) is 2.97. The fourth-order valence-corrected chi connectivity index (χ4v) is 2.14. The van der Waals surface area contributed by atoms with Gasteiger partial charge in [0.05, 0.1) is 0 Å². The summed E-state index contributed by atoms with van der Waals surface area (Å²) in [6.45, 7) is 5.92. The predicted molar refractivity (Wildman–Crippen MR) is 133 cm³/mol. The fraction of sp³-hybridized carbons (Fsp3) is 0. The van der Waals surface area contributed by atoms with Crippen LogP contribution in [0.4, 0.5) is 0 Å². The van der Waals surface area contributed by atoms with Crippen LogP contribution in [-0.2, 0) is 28.8 Å². The SMILES string of the molecule is C=CC(=O)O.C=CC(=O)O.[CH3-].[CH3-].[Si]=[Ti].c1ccc2[cH-]ccc2c1.c1ccc2[cH-]ccc2c1. The molecule has 4 nitrogen and oxygen atoms in total. The van der Waals surface area contributed by atoms with Crippen molar-refractivity contribution in [2.75, 3.05) is 0 Å². The van der Waals surface area contributed by atoms with Crippen molar-refractivity contribution < 1.29 is 39.0 Å². The van der Waals surface area contributed by atoms with E-state index in [4.69, 9.17) is 10.2 Å². The summed E-state index contributed by atoms with van der Waals surface area (Å²) in [5, 5.41) is 20.5. The number of carboxylic acids is 2. The van der Waals surface area contributed by atoms with Crippen LogP contribution in [0.2, 0.25) is 0 Å². The smallest absolute Gasteiger partial charge is 0.0809 e. The number of hydrogen-bond acceptors (Lipinski definition) is 2. The van der Waals surface area contributed by atoms with Gasteiger partial charge in [-0.15, -0.1) is 59.3 Å². The number of carbonyl (C=O) groups is 2. The van der Waals surface area contributed by atoms with Crippen molar-refractivity contribution in [1.82, 2.24) is 0 Å². The third kappa shape index (κ3) is 14.9. The van der Waals surface area contributed by atoms with Gasteiger partial charge in [-0.05, 0) is 0 Å². The largest absolute Gasteiger partial charge is 0.168 e. The molecule has 0 amide bonds. The molecule has 0 aliphatic heterocycles. The minimum Gasteiger partial charge on any atom is -0.168 e.